The van der Waals surface area contributed by atoms with Crippen molar-refractivity contribution in [3.8, 4) is 0 Å². The van der Waals surface area contributed by atoms with Gasteiger partial charge in [0.15, 0.2) is 0 Å². The molecule has 0 unspecified atom stereocenters. The lowest BCUT2D eigenvalue weighted by atomic mass is 9.85. The van der Waals surface area contributed by atoms with Gasteiger partial charge in [-0.1, -0.05) is 38.1 Å². The van der Waals surface area contributed by atoms with E-state index in [1.165, 1.54) is 12.1 Å². The molecule has 0 bridgehead atoms. The Morgan fingerprint density at radius 2 is 1.65 bits per heavy atom. The number of benzene rings is 1. The molecule has 1 heterocycles. The monoisotopic (exact) mass is 358 g/mol. The maximum absolute atomic E-state index is 13.1. The van der Waals surface area contributed by atoms with Crippen LogP contribution in [0.5, 0.6) is 0 Å². The molecule has 1 aromatic rings. The quantitative estimate of drug-likeness (QED) is 0.650. The summed E-state index contributed by atoms with van der Waals surface area (Å²) in [6.45, 7) is 3.62. The summed E-state index contributed by atoms with van der Waals surface area (Å²) in [5, 5.41) is 2.88. The van der Waals surface area contributed by atoms with Crippen LogP contribution >= 0.6 is 0 Å². The minimum atomic E-state index is -0.388. The average Bonchev–Trinajstić information content (AvgIpc) is 2.86. The van der Waals surface area contributed by atoms with Gasteiger partial charge in [-0.15, -0.1) is 0 Å². The lowest BCUT2D eigenvalue weighted by Gasteiger charge is -2.24. The number of nitrogens with one attached hydrogen (secondary N) is 1. The van der Waals surface area contributed by atoms with Crippen molar-refractivity contribution in [3.05, 3.63) is 47.8 Å². The fourth-order valence-electron chi connectivity index (χ4n) is 3.69. The van der Waals surface area contributed by atoms with Crippen molar-refractivity contribution in [1.29, 1.82) is 0 Å². The molecule has 6 heteroatoms. The van der Waals surface area contributed by atoms with Gasteiger partial charge < -0.3 is 5.32 Å². The summed E-state index contributed by atoms with van der Waals surface area (Å²) in [4.78, 5) is 38.5. The van der Waals surface area contributed by atoms with Gasteiger partial charge >= 0.3 is 0 Å². The highest BCUT2D eigenvalue weighted by Gasteiger charge is 2.47. The molecule has 5 nitrogen and oxygen atoms in total. The predicted octanol–water partition coefficient (Wildman–Crippen LogP) is 2.59. The van der Waals surface area contributed by atoms with Crippen LogP contribution in [-0.2, 0) is 14.4 Å². The van der Waals surface area contributed by atoms with Crippen LogP contribution in [0, 0.1) is 23.6 Å². The molecule has 138 valence electrons. The van der Waals surface area contributed by atoms with E-state index < -0.39 is 0 Å². The summed E-state index contributed by atoms with van der Waals surface area (Å²) < 4.78 is 13.1. The van der Waals surface area contributed by atoms with Crippen LogP contribution in [0.2, 0.25) is 0 Å². The molecule has 0 radical (unpaired) electrons. The third kappa shape index (κ3) is 3.54. The van der Waals surface area contributed by atoms with Gasteiger partial charge in [0.1, 0.15) is 12.4 Å². The van der Waals surface area contributed by atoms with Crippen LogP contribution in [0.25, 0.3) is 0 Å². The molecule has 26 heavy (non-hydrogen) atoms. The standard InChI is InChI=1S/C20H23FN2O3/c1-12(2)18(13-7-9-14(21)10-8-13)22-17(24)11-23-19(25)15-5-3-4-6-16(15)20(23)26/h3-4,7-10,12,15-16,18H,5-6,11H2,1-2H3,(H,22,24)/t15-,16+,18-/m1/s1. The molecule has 0 saturated carbocycles. The van der Waals surface area contributed by atoms with Gasteiger partial charge in [0.05, 0.1) is 17.9 Å². The number of allylic oxidation sites excluding steroid dienone is 2. The Balaban J connectivity index is 1.68. The first-order valence-electron chi connectivity index (χ1n) is 8.93. The summed E-state index contributed by atoms with van der Waals surface area (Å²) in [5.74, 6) is -1.85. The van der Waals surface area contributed by atoms with Crippen molar-refractivity contribution in [2.24, 2.45) is 17.8 Å². The second-order valence-corrected chi connectivity index (χ2v) is 7.26. The number of amides is 3. The van der Waals surface area contributed by atoms with E-state index in [1.54, 1.807) is 12.1 Å². The zero-order valence-electron chi connectivity index (χ0n) is 14.9. The maximum Gasteiger partial charge on any atom is 0.240 e. The van der Waals surface area contributed by atoms with Gasteiger partial charge in [-0.3, -0.25) is 19.3 Å². The maximum atomic E-state index is 13.1. The van der Waals surface area contributed by atoms with E-state index in [2.05, 4.69) is 5.32 Å². The van der Waals surface area contributed by atoms with Crippen LogP contribution in [0.1, 0.15) is 38.3 Å². The number of imide groups is 1. The van der Waals surface area contributed by atoms with E-state index >= 15 is 0 Å². The minimum Gasteiger partial charge on any atom is -0.347 e. The lowest BCUT2D eigenvalue weighted by molar-refractivity contribution is -0.143. The number of fused-ring (bicyclic) bond motifs is 1. The molecule has 1 saturated heterocycles. The zero-order valence-corrected chi connectivity index (χ0v) is 14.9. The van der Waals surface area contributed by atoms with E-state index in [4.69, 9.17) is 0 Å². The van der Waals surface area contributed by atoms with Gasteiger partial charge in [0, 0.05) is 0 Å². The number of likely N-dealkylation sites (tertiary alicyclic amines) is 1. The molecule has 3 amide bonds. The van der Waals surface area contributed by atoms with Crippen LogP contribution in [0.4, 0.5) is 4.39 Å². The Labute approximate surface area is 152 Å². The Kier molecular flexibility index (Phi) is 5.20. The zero-order chi connectivity index (χ0) is 18.8. The molecule has 1 aliphatic heterocycles. The molecule has 3 rings (SSSR count). The van der Waals surface area contributed by atoms with Gasteiger partial charge in [-0.25, -0.2) is 4.39 Å². The number of carbonyl (C=O) groups is 3. The predicted molar refractivity (Wildman–Crippen MR) is 94.2 cm³/mol. The number of rotatable bonds is 5. The van der Waals surface area contributed by atoms with Crippen LogP contribution in [-0.4, -0.2) is 29.2 Å². The van der Waals surface area contributed by atoms with E-state index in [-0.39, 0.29) is 53.9 Å². The van der Waals surface area contributed by atoms with Crippen molar-refractivity contribution in [2.75, 3.05) is 6.54 Å². The Morgan fingerprint density at radius 1 is 1.12 bits per heavy atom. The van der Waals surface area contributed by atoms with Crippen molar-refractivity contribution >= 4 is 17.7 Å². The summed E-state index contributed by atoms with van der Waals surface area (Å²) in [6, 6.07) is 5.64. The topological polar surface area (TPSA) is 66.5 Å². The largest absolute Gasteiger partial charge is 0.347 e. The van der Waals surface area contributed by atoms with Crippen molar-refractivity contribution in [1.82, 2.24) is 10.2 Å². The first-order valence-corrected chi connectivity index (χ1v) is 8.93. The second-order valence-electron chi connectivity index (χ2n) is 7.26. The van der Waals surface area contributed by atoms with E-state index in [0.29, 0.717) is 12.8 Å². The molecule has 1 N–H and O–H groups in total. The molecule has 0 aromatic heterocycles. The third-order valence-electron chi connectivity index (χ3n) is 5.11. The first kappa shape index (κ1) is 18.3. The fourth-order valence-corrected chi connectivity index (χ4v) is 3.69. The van der Waals surface area contributed by atoms with Gasteiger partial charge in [0.2, 0.25) is 17.7 Å². The molecular formula is C20H23FN2O3. The van der Waals surface area contributed by atoms with Crippen molar-refractivity contribution in [2.45, 2.75) is 32.7 Å². The smallest absolute Gasteiger partial charge is 0.240 e. The van der Waals surface area contributed by atoms with Gasteiger partial charge in [-0.05, 0) is 36.5 Å². The summed E-state index contributed by atoms with van der Waals surface area (Å²) in [5.41, 5.74) is 0.784. The highest BCUT2D eigenvalue weighted by atomic mass is 19.1. The molecular weight excluding hydrogens is 335 g/mol. The Morgan fingerprint density at radius 3 is 2.15 bits per heavy atom. The number of nitrogens with zero attached hydrogens (tertiary/aromatic N) is 1. The summed E-state index contributed by atoms with van der Waals surface area (Å²) in [6.07, 6.45) is 4.94. The van der Waals surface area contributed by atoms with Crippen LogP contribution < -0.4 is 5.32 Å². The second kappa shape index (κ2) is 7.40. The number of hydrogen-bond donors (Lipinski definition) is 1. The Hall–Kier alpha value is -2.50. The molecule has 1 aliphatic carbocycles. The highest BCUT2D eigenvalue weighted by molar-refractivity contribution is 6.07. The summed E-state index contributed by atoms with van der Waals surface area (Å²) in [7, 11) is 0. The fraction of sp³-hybridized carbons (Fsp3) is 0.450. The van der Waals surface area contributed by atoms with Crippen molar-refractivity contribution < 1.29 is 18.8 Å². The normalized spacial score (nSPS) is 23.3. The summed E-state index contributed by atoms with van der Waals surface area (Å²) >= 11 is 0. The van der Waals surface area contributed by atoms with Crippen LogP contribution in [0.3, 0.4) is 0 Å². The van der Waals surface area contributed by atoms with Crippen molar-refractivity contribution in [3.63, 3.8) is 0 Å². The third-order valence-corrected chi connectivity index (χ3v) is 5.11. The molecule has 1 aromatic carbocycles. The lowest BCUT2D eigenvalue weighted by Crippen LogP contribution is -2.43. The van der Waals surface area contributed by atoms with Gasteiger partial charge in [0.25, 0.3) is 0 Å². The minimum absolute atomic E-state index is 0.0705. The Bertz CT molecular complexity index is 716. The molecule has 1 fully saturated rings. The average molecular weight is 358 g/mol. The molecule has 3 atom stereocenters. The van der Waals surface area contributed by atoms with Gasteiger partial charge in [-0.2, -0.15) is 0 Å². The van der Waals surface area contributed by atoms with E-state index in [0.717, 1.165) is 10.5 Å². The SMILES string of the molecule is CC(C)[C@@H](NC(=O)CN1C(=O)[C@H]2CC=CC[C@H]2C1=O)c1ccc(F)cc1. The van der Waals surface area contributed by atoms with Crippen LogP contribution in [0.15, 0.2) is 36.4 Å². The number of hydrogen-bond acceptors (Lipinski definition) is 3. The van der Waals surface area contributed by atoms with E-state index in [9.17, 15) is 18.8 Å². The molecule has 0 spiro atoms. The van der Waals surface area contributed by atoms with E-state index in [1.807, 2.05) is 26.0 Å². The molecule has 2 aliphatic rings. The first-order chi connectivity index (χ1) is 12.4. The number of halogens is 1. The highest BCUT2D eigenvalue weighted by Crippen LogP contribution is 2.34. The number of carbonyl (C=O) groups excluding carboxylic acids is 3.